The molecule has 15 heavy (non-hydrogen) atoms. The molecule has 0 saturated carbocycles. The molecule has 0 radical (unpaired) electrons. The Bertz CT molecular complexity index is 288. The summed E-state index contributed by atoms with van der Waals surface area (Å²) in [5.41, 5.74) is 0.220. The SMILES string of the molecule is CC[P+](C)(C)C.O=C([O-])c1ccccc1. The third-order valence-electron chi connectivity index (χ3n) is 1.96. The van der Waals surface area contributed by atoms with Gasteiger partial charge in [0.2, 0.25) is 0 Å². The lowest BCUT2D eigenvalue weighted by molar-refractivity contribution is -0.255. The van der Waals surface area contributed by atoms with E-state index in [9.17, 15) is 9.90 Å². The Balaban J connectivity index is 0.000000288. The summed E-state index contributed by atoms with van der Waals surface area (Å²) in [7, 11) is -0.397. The Morgan fingerprint density at radius 3 is 1.80 bits per heavy atom. The molecule has 0 heterocycles. The smallest absolute Gasteiger partial charge is 0.0715 e. The van der Waals surface area contributed by atoms with Crippen LogP contribution in [0, 0.1) is 0 Å². The van der Waals surface area contributed by atoms with Crippen molar-refractivity contribution in [2.24, 2.45) is 0 Å². The molecule has 0 aliphatic rings. The first-order valence-electron chi connectivity index (χ1n) is 4.93. The molecule has 0 amide bonds. The van der Waals surface area contributed by atoms with E-state index < -0.39 is 13.2 Å². The summed E-state index contributed by atoms with van der Waals surface area (Å²) in [4.78, 5) is 10.1. The molecular formula is C12H19O2P. The van der Waals surface area contributed by atoms with Crippen LogP contribution in [-0.4, -0.2) is 32.1 Å². The minimum Gasteiger partial charge on any atom is -0.545 e. The molecule has 0 aliphatic carbocycles. The number of aromatic carboxylic acids is 1. The first-order valence-corrected chi connectivity index (χ1v) is 8.25. The Labute approximate surface area is 92.7 Å². The molecule has 0 saturated heterocycles. The van der Waals surface area contributed by atoms with Crippen molar-refractivity contribution >= 4 is 13.2 Å². The molecule has 0 N–H and O–H groups in total. The number of hydrogen-bond acceptors (Lipinski definition) is 2. The number of rotatable bonds is 2. The Morgan fingerprint density at radius 2 is 1.60 bits per heavy atom. The normalized spacial score (nSPS) is 10.1. The van der Waals surface area contributed by atoms with Crippen LogP contribution in [0.4, 0.5) is 0 Å². The molecular weight excluding hydrogens is 207 g/mol. The van der Waals surface area contributed by atoms with Gasteiger partial charge in [-0.15, -0.1) is 0 Å². The second-order valence-electron chi connectivity index (χ2n) is 4.26. The van der Waals surface area contributed by atoms with Crippen LogP contribution in [0.2, 0.25) is 0 Å². The fourth-order valence-electron chi connectivity index (χ4n) is 0.574. The van der Waals surface area contributed by atoms with E-state index in [2.05, 4.69) is 26.9 Å². The first-order chi connectivity index (χ1) is 6.87. The second kappa shape index (κ2) is 6.58. The molecule has 0 aromatic heterocycles. The monoisotopic (exact) mass is 226 g/mol. The van der Waals surface area contributed by atoms with Crippen molar-refractivity contribution in [2.75, 3.05) is 26.2 Å². The zero-order valence-corrected chi connectivity index (χ0v) is 10.8. The van der Waals surface area contributed by atoms with Crippen LogP contribution < -0.4 is 5.11 Å². The van der Waals surface area contributed by atoms with Crippen molar-refractivity contribution in [2.45, 2.75) is 6.92 Å². The quantitative estimate of drug-likeness (QED) is 0.723. The summed E-state index contributed by atoms with van der Waals surface area (Å²) in [5.74, 6) is -1.13. The van der Waals surface area contributed by atoms with E-state index in [4.69, 9.17) is 0 Å². The lowest BCUT2D eigenvalue weighted by Crippen LogP contribution is -2.21. The largest absolute Gasteiger partial charge is 0.545 e. The van der Waals surface area contributed by atoms with Crippen molar-refractivity contribution in [1.82, 2.24) is 0 Å². The van der Waals surface area contributed by atoms with Crippen LogP contribution in [0.15, 0.2) is 30.3 Å². The predicted octanol–water partition coefficient (Wildman–Crippen LogP) is 1.96. The van der Waals surface area contributed by atoms with Gasteiger partial charge < -0.3 is 9.90 Å². The first kappa shape index (κ1) is 14.1. The molecule has 0 spiro atoms. The maximum atomic E-state index is 10.1. The molecule has 0 bridgehead atoms. The van der Waals surface area contributed by atoms with Gasteiger partial charge in [-0.25, -0.2) is 0 Å². The van der Waals surface area contributed by atoms with Crippen molar-refractivity contribution in [3.8, 4) is 0 Å². The fraction of sp³-hybridized carbons (Fsp3) is 0.417. The second-order valence-corrected chi connectivity index (χ2v) is 9.47. The Hall–Kier alpha value is -0.880. The van der Waals surface area contributed by atoms with E-state index >= 15 is 0 Å². The maximum Gasteiger partial charge on any atom is 0.0715 e. The molecule has 0 fully saturated rings. The molecule has 0 atom stereocenters. The van der Waals surface area contributed by atoms with E-state index in [1.54, 1.807) is 18.2 Å². The molecule has 1 aromatic carbocycles. The topological polar surface area (TPSA) is 40.1 Å². The number of carboxylic acids is 1. The molecule has 2 nitrogen and oxygen atoms in total. The lowest BCUT2D eigenvalue weighted by atomic mass is 10.2. The van der Waals surface area contributed by atoms with Crippen LogP contribution >= 0.6 is 7.26 Å². The summed E-state index contributed by atoms with van der Waals surface area (Å²) in [6.45, 7) is 9.32. The van der Waals surface area contributed by atoms with Crippen LogP contribution in [-0.2, 0) is 0 Å². The standard InChI is InChI=1S/C7H6O2.C5H14P/c8-7(9)6-4-2-1-3-5-6;1-5-6(2,3)4/h1-5H,(H,8,9);5H2,1-4H3/q;+1/p-1. The summed E-state index contributed by atoms with van der Waals surface area (Å²) in [6.07, 6.45) is 1.38. The zero-order valence-electron chi connectivity index (χ0n) is 9.86. The van der Waals surface area contributed by atoms with Gasteiger partial charge in [-0.1, -0.05) is 30.3 Å². The summed E-state index contributed by atoms with van der Waals surface area (Å²) < 4.78 is 0. The Kier molecular flexibility index (Phi) is 6.19. The molecule has 84 valence electrons. The van der Waals surface area contributed by atoms with Gasteiger partial charge in [0.05, 0.1) is 12.1 Å². The van der Waals surface area contributed by atoms with Crippen molar-refractivity contribution in [3.63, 3.8) is 0 Å². The fourth-order valence-corrected chi connectivity index (χ4v) is 0.574. The van der Waals surface area contributed by atoms with Crippen molar-refractivity contribution < 1.29 is 9.90 Å². The summed E-state index contributed by atoms with van der Waals surface area (Å²) in [5, 5.41) is 10.1. The van der Waals surface area contributed by atoms with E-state index in [0.29, 0.717) is 0 Å². The highest BCUT2D eigenvalue weighted by Gasteiger charge is 2.10. The summed E-state index contributed by atoms with van der Waals surface area (Å²) in [6, 6.07) is 8.06. The highest BCUT2D eigenvalue weighted by atomic mass is 31.2. The van der Waals surface area contributed by atoms with E-state index in [0.717, 1.165) is 0 Å². The van der Waals surface area contributed by atoms with Gasteiger partial charge >= 0.3 is 0 Å². The van der Waals surface area contributed by atoms with Crippen LogP contribution in [0.25, 0.3) is 0 Å². The number of carbonyl (C=O) groups excluding carboxylic acids is 1. The number of carbonyl (C=O) groups is 1. The van der Waals surface area contributed by atoms with Gasteiger partial charge in [0.1, 0.15) is 0 Å². The van der Waals surface area contributed by atoms with Gasteiger partial charge in [0.25, 0.3) is 0 Å². The average Bonchev–Trinajstić information content (AvgIpc) is 2.19. The van der Waals surface area contributed by atoms with Gasteiger partial charge in [0.15, 0.2) is 0 Å². The lowest BCUT2D eigenvalue weighted by Gasteiger charge is -2.05. The van der Waals surface area contributed by atoms with Crippen molar-refractivity contribution in [1.29, 1.82) is 0 Å². The van der Waals surface area contributed by atoms with E-state index in [1.165, 1.54) is 18.3 Å². The third-order valence-corrected chi connectivity index (χ3v) is 3.86. The number of benzene rings is 1. The van der Waals surface area contributed by atoms with Gasteiger partial charge in [0, 0.05) is 27.3 Å². The van der Waals surface area contributed by atoms with Crippen LogP contribution in [0.3, 0.4) is 0 Å². The van der Waals surface area contributed by atoms with Gasteiger partial charge in [-0.2, -0.15) is 0 Å². The Morgan fingerprint density at radius 1 is 1.20 bits per heavy atom. The predicted molar refractivity (Wildman–Crippen MR) is 66.0 cm³/mol. The minimum atomic E-state index is -1.13. The molecule has 1 rings (SSSR count). The molecule has 0 unspecified atom stereocenters. The molecule has 0 aliphatic heterocycles. The van der Waals surface area contributed by atoms with Crippen molar-refractivity contribution in [3.05, 3.63) is 35.9 Å². The number of hydrogen-bond donors (Lipinski definition) is 0. The zero-order chi connectivity index (χ0) is 11.9. The average molecular weight is 226 g/mol. The molecule has 3 heteroatoms. The third kappa shape index (κ3) is 8.14. The van der Waals surface area contributed by atoms with Gasteiger partial charge in [-0.05, 0) is 12.5 Å². The highest BCUT2D eigenvalue weighted by Crippen LogP contribution is 2.45. The number of carboxylic acid groups (broad SMARTS) is 1. The van der Waals surface area contributed by atoms with Crippen LogP contribution in [0.5, 0.6) is 0 Å². The van der Waals surface area contributed by atoms with Gasteiger partial charge in [-0.3, -0.25) is 0 Å². The van der Waals surface area contributed by atoms with E-state index in [1.807, 2.05) is 0 Å². The van der Waals surface area contributed by atoms with Crippen LogP contribution in [0.1, 0.15) is 17.3 Å². The maximum absolute atomic E-state index is 10.1. The highest BCUT2D eigenvalue weighted by molar-refractivity contribution is 7.73. The molecule has 1 aromatic rings. The summed E-state index contributed by atoms with van der Waals surface area (Å²) >= 11 is 0. The van der Waals surface area contributed by atoms with E-state index in [-0.39, 0.29) is 5.56 Å². The minimum absolute atomic E-state index is 0.220.